The van der Waals surface area contributed by atoms with Gasteiger partial charge in [-0.3, -0.25) is 4.79 Å². The lowest BCUT2D eigenvalue weighted by Crippen LogP contribution is -2.34. The standard InChI is InChI=1S/C12H15F2NO4/c1-18-7-9(16)6-15-11(17)8-2-4-10(5-3-8)19-12(13)14/h2-5,9,12,16H,6-7H2,1H3,(H,15,17). The summed E-state index contributed by atoms with van der Waals surface area (Å²) in [7, 11) is 1.44. The topological polar surface area (TPSA) is 67.8 Å². The molecule has 7 heteroatoms. The van der Waals surface area contributed by atoms with E-state index in [4.69, 9.17) is 4.74 Å². The second-order valence-electron chi connectivity index (χ2n) is 3.72. The zero-order valence-corrected chi connectivity index (χ0v) is 10.3. The Morgan fingerprint density at radius 3 is 2.53 bits per heavy atom. The van der Waals surface area contributed by atoms with Crippen molar-refractivity contribution in [3.05, 3.63) is 29.8 Å². The first-order valence-corrected chi connectivity index (χ1v) is 5.53. The smallest absolute Gasteiger partial charge is 0.387 e. The number of benzene rings is 1. The summed E-state index contributed by atoms with van der Waals surface area (Å²) in [6.45, 7) is -2.74. The van der Waals surface area contributed by atoms with Crippen LogP contribution in [-0.4, -0.2) is 44.0 Å². The van der Waals surface area contributed by atoms with Crippen molar-refractivity contribution in [2.24, 2.45) is 0 Å². The lowest BCUT2D eigenvalue weighted by molar-refractivity contribution is -0.0498. The third kappa shape index (κ3) is 5.62. The Morgan fingerprint density at radius 2 is 2.00 bits per heavy atom. The Kier molecular flexibility index (Phi) is 6.17. The summed E-state index contributed by atoms with van der Waals surface area (Å²) in [4.78, 5) is 11.6. The number of aliphatic hydroxyl groups excluding tert-OH is 1. The number of hydrogen-bond acceptors (Lipinski definition) is 4. The minimum Gasteiger partial charge on any atom is -0.435 e. The highest BCUT2D eigenvalue weighted by Gasteiger charge is 2.10. The molecule has 2 N–H and O–H groups in total. The molecule has 0 heterocycles. The van der Waals surface area contributed by atoms with Gasteiger partial charge in [-0.15, -0.1) is 0 Å². The molecule has 19 heavy (non-hydrogen) atoms. The van der Waals surface area contributed by atoms with Crippen LogP contribution in [-0.2, 0) is 4.74 Å². The summed E-state index contributed by atoms with van der Waals surface area (Å²) >= 11 is 0. The van der Waals surface area contributed by atoms with Crippen LogP contribution in [0.5, 0.6) is 5.75 Å². The predicted molar refractivity (Wildman–Crippen MR) is 63.3 cm³/mol. The minimum absolute atomic E-state index is 0.0223. The van der Waals surface area contributed by atoms with Gasteiger partial charge in [0.1, 0.15) is 5.75 Å². The van der Waals surface area contributed by atoms with E-state index in [0.717, 1.165) is 0 Å². The molecule has 0 spiro atoms. The van der Waals surface area contributed by atoms with Gasteiger partial charge in [0.25, 0.3) is 5.91 Å². The Bertz CT molecular complexity index is 397. The maximum absolute atomic E-state index is 11.9. The van der Waals surface area contributed by atoms with E-state index in [-0.39, 0.29) is 24.5 Å². The molecular weight excluding hydrogens is 260 g/mol. The first-order valence-electron chi connectivity index (χ1n) is 5.53. The van der Waals surface area contributed by atoms with Crippen LogP contribution >= 0.6 is 0 Å². The molecule has 0 aliphatic heterocycles. The number of halogens is 2. The number of amides is 1. The van der Waals surface area contributed by atoms with E-state index in [1.54, 1.807) is 0 Å². The fraction of sp³-hybridized carbons (Fsp3) is 0.417. The van der Waals surface area contributed by atoms with Crippen molar-refractivity contribution in [1.82, 2.24) is 5.32 Å². The van der Waals surface area contributed by atoms with Crippen LogP contribution in [0.1, 0.15) is 10.4 Å². The SMILES string of the molecule is COCC(O)CNC(=O)c1ccc(OC(F)F)cc1. The summed E-state index contributed by atoms with van der Waals surface area (Å²) in [6, 6.07) is 5.25. The van der Waals surface area contributed by atoms with E-state index in [1.807, 2.05) is 0 Å². The second kappa shape index (κ2) is 7.65. The largest absolute Gasteiger partial charge is 0.435 e. The third-order valence-corrected chi connectivity index (χ3v) is 2.20. The first-order chi connectivity index (χ1) is 9.02. The van der Waals surface area contributed by atoms with Gasteiger partial charge in [-0.25, -0.2) is 0 Å². The lowest BCUT2D eigenvalue weighted by Gasteiger charge is -2.11. The van der Waals surface area contributed by atoms with Gasteiger partial charge in [-0.1, -0.05) is 0 Å². The number of rotatable bonds is 7. The molecule has 1 amide bonds. The fourth-order valence-electron chi connectivity index (χ4n) is 1.35. The highest BCUT2D eigenvalue weighted by atomic mass is 19.3. The van der Waals surface area contributed by atoms with Crippen LogP contribution in [0, 0.1) is 0 Å². The Hall–Kier alpha value is -1.73. The maximum atomic E-state index is 11.9. The van der Waals surface area contributed by atoms with Crippen molar-refractivity contribution >= 4 is 5.91 Å². The number of alkyl halides is 2. The molecule has 0 fully saturated rings. The second-order valence-corrected chi connectivity index (χ2v) is 3.72. The monoisotopic (exact) mass is 275 g/mol. The molecule has 1 unspecified atom stereocenters. The molecule has 0 saturated carbocycles. The van der Waals surface area contributed by atoms with Crippen molar-refractivity contribution in [3.8, 4) is 5.75 Å². The van der Waals surface area contributed by atoms with Crippen molar-refractivity contribution in [2.45, 2.75) is 12.7 Å². The van der Waals surface area contributed by atoms with Crippen molar-refractivity contribution in [3.63, 3.8) is 0 Å². The molecule has 0 bridgehead atoms. The average Bonchev–Trinajstić information content (AvgIpc) is 2.36. The molecule has 0 aromatic heterocycles. The van der Waals surface area contributed by atoms with Crippen LogP contribution in [0.15, 0.2) is 24.3 Å². The van der Waals surface area contributed by atoms with Gasteiger partial charge in [-0.2, -0.15) is 8.78 Å². The Morgan fingerprint density at radius 1 is 1.37 bits per heavy atom. The fourth-order valence-corrected chi connectivity index (χ4v) is 1.35. The van der Waals surface area contributed by atoms with E-state index in [0.29, 0.717) is 0 Å². The van der Waals surface area contributed by atoms with Gasteiger partial charge < -0.3 is 19.9 Å². The van der Waals surface area contributed by atoms with Crippen molar-refractivity contribution in [1.29, 1.82) is 0 Å². The molecule has 0 aliphatic rings. The van der Waals surface area contributed by atoms with Gasteiger partial charge >= 0.3 is 6.61 Å². The quantitative estimate of drug-likeness (QED) is 0.779. The van der Waals surface area contributed by atoms with E-state index >= 15 is 0 Å². The van der Waals surface area contributed by atoms with E-state index < -0.39 is 18.6 Å². The highest BCUT2D eigenvalue weighted by molar-refractivity contribution is 5.94. The van der Waals surface area contributed by atoms with Gasteiger partial charge in [-0.05, 0) is 24.3 Å². The van der Waals surface area contributed by atoms with Crippen LogP contribution in [0.25, 0.3) is 0 Å². The summed E-state index contributed by atoms with van der Waals surface area (Å²) in [5.74, 6) is -0.440. The van der Waals surface area contributed by atoms with Crippen LogP contribution < -0.4 is 10.1 Å². The van der Waals surface area contributed by atoms with Crippen LogP contribution in [0.3, 0.4) is 0 Å². The molecule has 5 nitrogen and oxygen atoms in total. The van der Waals surface area contributed by atoms with Gasteiger partial charge in [0.15, 0.2) is 0 Å². The third-order valence-electron chi connectivity index (χ3n) is 2.20. The predicted octanol–water partition coefficient (Wildman–Crippen LogP) is 1.03. The van der Waals surface area contributed by atoms with E-state index in [2.05, 4.69) is 10.1 Å². The zero-order valence-electron chi connectivity index (χ0n) is 10.3. The van der Waals surface area contributed by atoms with Gasteiger partial charge in [0, 0.05) is 19.2 Å². The van der Waals surface area contributed by atoms with Crippen molar-refractivity contribution in [2.75, 3.05) is 20.3 Å². The Labute approximate surface area is 109 Å². The maximum Gasteiger partial charge on any atom is 0.387 e. The summed E-state index contributed by atoms with van der Waals surface area (Å²) in [6.07, 6.45) is -0.796. The van der Waals surface area contributed by atoms with Crippen LogP contribution in [0.2, 0.25) is 0 Å². The summed E-state index contributed by atoms with van der Waals surface area (Å²) in [5.41, 5.74) is 0.284. The van der Waals surface area contributed by atoms with E-state index in [1.165, 1.54) is 31.4 Å². The number of aliphatic hydroxyl groups is 1. The normalized spacial score (nSPS) is 12.3. The van der Waals surface area contributed by atoms with Crippen molar-refractivity contribution < 1.29 is 28.2 Å². The molecule has 0 radical (unpaired) electrons. The van der Waals surface area contributed by atoms with E-state index in [9.17, 15) is 18.7 Å². The average molecular weight is 275 g/mol. The molecule has 0 saturated heterocycles. The number of methoxy groups -OCH3 is 1. The molecule has 0 aliphatic carbocycles. The molecule has 1 rings (SSSR count). The van der Waals surface area contributed by atoms with Crippen LogP contribution in [0.4, 0.5) is 8.78 Å². The first kappa shape index (κ1) is 15.3. The number of carbonyl (C=O) groups is 1. The molecule has 106 valence electrons. The molecule has 1 aromatic rings. The molecule has 1 aromatic carbocycles. The molecular formula is C12H15F2NO4. The number of nitrogens with one attached hydrogen (secondary N) is 1. The number of carbonyl (C=O) groups excluding carboxylic acids is 1. The number of ether oxygens (including phenoxy) is 2. The zero-order chi connectivity index (χ0) is 14.3. The highest BCUT2D eigenvalue weighted by Crippen LogP contribution is 2.14. The van der Waals surface area contributed by atoms with Gasteiger partial charge in [0.05, 0.1) is 12.7 Å². The Balaban J connectivity index is 2.48. The van der Waals surface area contributed by atoms with Gasteiger partial charge in [0.2, 0.25) is 0 Å². The number of hydrogen-bond donors (Lipinski definition) is 2. The summed E-state index contributed by atoms with van der Waals surface area (Å²) < 4.78 is 32.7. The lowest BCUT2D eigenvalue weighted by atomic mass is 10.2. The minimum atomic E-state index is -2.90. The summed E-state index contributed by atoms with van der Waals surface area (Å²) in [5, 5.41) is 11.8. The molecule has 1 atom stereocenters.